The molecule has 0 spiro atoms. The van der Waals surface area contributed by atoms with Crippen molar-refractivity contribution in [1.29, 1.82) is 0 Å². The lowest BCUT2D eigenvalue weighted by molar-refractivity contribution is -0.120. The third-order valence-electron chi connectivity index (χ3n) is 1.87. The van der Waals surface area contributed by atoms with Crippen LogP contribution in [-0.2, 0) is 11.2 Å². The van der Waals surface area contributed by atoms with Crippen molar-refractivity contribution in [3.63, 3.8) is 0 Å². The van der Waals surface area contributed by atoms with Crippen LogP contribution in [0.1, 0.15) is 12.5 Å². The summed E-state index contributed by atoms with van der Waals surface area (Å²) in [6, 6.07) is 5.94. The van der Waals surface area contributed by atoms with Crippen LogP contribution in [0.5, 0.6) is 0 Å². The van der Waals surface area contributed by atoms with Gasteiger partial charge in [0.2, 0.25) is 5.91 Å². The highest BCUT2D eigenvalue weighted by Crippen LogP contribution is 2.03. The molecular weight excluding hydrogens is 195 g/mol. The molecule has 0 radical (unpaired) electrons. The summed E-state index contributed by atoms with van der Waals surface area (Å²) in [5, 5.41) is 2.66. The zero-order valence-corrected chi connectivity index (χ0v) is 8.66. The summed E-state index contributed by atoms with van der Waals surface area (Å²) in [4.78, 5) is 11.3. The van der Waals surface area contributed by atoms with E-state index in [1.165, 1.54) is 12.1 Å². The topological polar surface area (TPSA) is 55.1 Å². The highest BCUT2D eigenvalue weighted by atomic mass is 19.1. The highest BCUT2D eigenvalue weighted by Gasteiger charge is 2.04. The van der Waals surface area contributed by atoms with Crippen LogP contribution < -0.4 is 11.1 Å². The van der Waals surface area contributed by atoms with Crippen LogP contribution in [-0.4, -0.2) is 18.5 Å². The normalized spacial score (nSPS) is 12.2. The van der Waals surface area contributed by atoms with E-state index in [2.05, 4.69) is 5.32 Å². The van der Waals surface area contributed by atoms with Crippen molar-refractivity contribution >= 4 is 5.91 Å². The van der Waals surface area contributed by atoms with Crippen LogP contribution in [0.15, 0.2) is 24.3 Å². The fraction of sp³-hybridized carbons (Fsp3) is 0.364. The van der Waals surface area contributed by atoms with Crippen molar-refractivity contribution < 1.29 is 9.18 Å². The molecule has 4 heteroatoms. The molecule has 3 N–H and O–H groups in total. The Labute approximate surface area is 88.5 Å². The van der Waals surface area contributed by atoms with E-state index in [-0.39, 0.29) is 24.2 Å². The number of carbonyl (C=O) groups is 1. The van der Waals surface area contributed by atoms with E-state index in [0.717, 1.165) is 0 Å². The van der Waals surface area contributed by atoms with E-state index >= 15 is 0 Å². The molecule has 0 heterocycles. The number of rotatable bonds is 4. The van der Waals surface area contributed by atoms with Gasteiger partial charge in [-0.3, -0.25) is 4.79 Å². The van der Waals surface area contributed by atoms with Crippen molar-refractivity contribution in [1.82, 2.24) is 5.32 Å². The lowest BCUT2D eigenvalue weighted by Gasteiger charge is -2.07. The molecule has 1 aromatic carbocycles. The molecule has 0 aliphatic carbocycles. The first-order valence-corrected chi connectivity index (χ1v) is 4.84. The van der Waals surface area contributed by atoms with Gasteiger partial charge in [0.1, 0.15) is 5.82 Å². The predicted octanol–water partition coefficient (Wildman–Crippen LogP) is 0.832. The smallest absolute Gasteiger partial charge is 0.224 e. The lowest BCUT2D eigenvalue weighted by atomic mass is 10.1. The van der Waals surface area contributed by atoms with Gasteiger partial charge in [0.15, 0.2) is 0 Å². The number of nitrogens with one attached hydrogen (secondary N) is 1. The number of nitrogens with two attached hydrogens (primary N) is 1. The fourth-order valence-electron chi connectivity index (χ4n) is 1.17. The average molecular weight is 210 g/mol. The largest absolute Gasteiger partial charge is 0.354 e. The maximum Gasteiger partial charge on any atom is 0.224 e. The Kier molecular flexibility index (Phi) is 4.24. The molecule has 3 nitrogen and oxygen atoms in total. The summed E-state index contributed by atoms with van der Waals surface area (Å²) in [6.45, 7) is 2.25. The second kappa shape index (κ2) is 5.46. The molecule has 0 aromatic heterocycles. The first-order valence-electron chi connectivity index (χ1n) is 4.84. The van der Waals surface area contributed by atoms with Gasteiger partial charge >= 0.3 is 0 Å². The molecule has 1 aromatic rings. The Balaban J connectivity index is 2.44. The minimum atomic E-state index is -0.326. The standard InChI is InChI=1S/C11H15FN2O/c1-8(13)7-14-11(15)6-9-3-2-4-10(12)5-9/h2-5,8H,6-7,13H2,1H3,(H,14,15). The molecule has 1 amide bonds. The van der Waals surface area contributed by atoms with Gasteiger partial charge in [-0.15, -0.1) is 0 Å². The molecule has 0 fully saturated rings. The maximum atomic E-state index is 12.8. The van der Waals surface area contributed by atoms with Crippen molar-refractivity contribution in [2.75, 3.05) is 6.54 Å². The predicted molar refractivity (Wildman–Crippen MR) is 56.8 cm³/mol. The Hall–Kier alpha value is -1.42. The SMILES string of the molecule is CC(N)CNC(=O)Cc1cccc(F)c1. The van der Waals surface area contributed by atoms with E-state index in [1.54, 1.807) is 12.1 Å². The van der Waals surface area contributed by atoms with Crippen LogP contribution in [0, 0.1) is 5.82 Å². The first kappa shape index (κ1) is 11.7. The summed E-state index contributed by atoms with van der Waals surface area (Å²) >= 11 is 0. The van der Waals surface area contributed by atoms with Crippen LogP contribution >= 0.6 is 0 Å². The van der Waals surface area contributed by atoms with Gasteiger partial charge < -0.3 is 11.1 Å². The van der Waals surface area contributed by atoms with Crippen LogP contribution in [0.2, 0.25) is 0 Å². The van der Waals surface area contributed by atoms with Crippen LogP contribution in [0.4, 0.5) is 4.39 Å². The van der Waals surface area contributed by atoms with Crippen molar-refractivity contribution in [2.45, 2.75) is 19.4 Å². The summed E-state index contributed by atoms with van der Waals surface area (Å²) < 4.78 is 12.8. The number of hydrogen-bond donors (Lipinski definition) is 2. The van der Waals surface area contributed by atoms with E-state index < -0.39 is 0 Å². The molecule has 0 aliphatic rings. The Morgan fingerprint density at radius 3 is 2.93 bits per heavy atom. The summed E-state index contributed by atoms with van der Waals surface area (Å²) in [5.41, 5.74) is 6.15. The minimum Gasteiger partial charge on any atom is -0.354 e. The monoisotopic (exact) mass is 210 g/mol. The van der Waals surface area contributed by atoms with Crippen LogP contribution in [0.3, 0.4) is 0 Å². The van der Waals surface area contributed by atoms with E-state index in [1.807, 2.05) is 6.92 Å². The highest BCUT2D eigenvalue weighted by molar-refractivity contribution is 5.78. The van der Waals surface area contributed by atoms with E-state index in [9.17, 15) is 9.18 Å². The summed E-state index contributed by atoms with van der Waals surface area (Å²) in [6.07, 6.45) is 0.185. The minimum absolute atomic E-state index is 0.0681. The fourth-order valence-corrected chi connectivity index (χ4v) is 1.17. The molecule has 1 rings (SSSR count). The number of benzene rings is 1. The maximum absolute atomic E-state index is 12.8. The second-order valence-corrected chi connectivity index (χ2v) is 3.59. The Bertz CT molecular complexity index is 339. The van der Waals surface area contributed by atoms with Crippen LogP contribution in [0.25, 0.3) is 0 Å². The zero-order chi connectivity index (χ0) is 11.3. The van der Waals surface area contributed by atoms with E-state index in [4.69, 9.17) is 5.73 Å². The van der Waals surface area contributed by atoms with Gasteiger partial charge in [-0.2, -0.15) is 0 Å². The van der Waals surface area contributed by atoms with Gasteiger partial charge in [-0.25, -0.2) is 4.39 Å². The molecule has 0 aliphatic heterocycles. The molecule has 1 unspecified atom stereocenters. The lowest BCUT2D eigenvalue weighted by Crippen LogP contribution is -2.35. The van der Waals surface area contributed by atoms with Gasteiger partial charge in [0.25, 0.3) is 0 Å². The second-order valence-electron chi connectivity index (χ2n) is 3.59. The van der Waals surface area contributed by atoms with Crippen molar-refractivity contribution in [3.05, 3.63) is 35.6 Å². The molecule has 0 saturated heterocycles. The number of halogens is 1. The Morgan fingerprint density at radius 1 is 1.60 bits per heavy atom. The molecule has 0 saturated carbocycles. The third-order valence-corrected chi connectivity index (χ3v) is 1.87. The molecule has 82 valence electrons. The zero-order valence-electron chi connectivity index (χ0n) is 8.66. The molecular formula is C11H15FN2O. The quantitative estimate of drug-likeness (QED) is 0.773. The molecule has 1 atom stereocenters. The third kappa shape index (κ3) is 4.56. The summed E-state index contributed by atoms with van der Waals surface area (Å²) in [7, 11) is 0. The number of amides is 1. The first-order chi connectivity index (χ1) is 7.08. The number of carbonyl (C=O) groups excluding carboxylic acids is 1. The molecule has 15 heavy (non-hydrogen) atoms. The van der Waals surface area contributed by atoms with Gasteiger partial charge in [0, 0.05) is 12.6 Å². The van der Waals surface area contributed by atoms with Gasteiger partial charge in [0.05, 0.1) is 6.42 Å². The number of hydrogen-bond acceptors (Lipinski definition) is 2. The average Bonchev–Trinajstić information content (AvgIpc) is 2.15. The van der Waals surface area contributed by atoms with Gasteiger partial charge in [-0.05, 0) is 24.6 Å². The van der Waals surface area contributed by atoms with Crippen molar-refractivity contribution in [3.8, 4) is 0 Å². The van der Waals surface area contributed by atoms with E-state index in [0.29, 0.717) is 12.1 Å². The summed E-state index contributed by atoms with van der Waals surface area (Å²) in [5.74, 6) is -0.467. The van der Waals surface area contributed by atoms with Gasteiger partial charge in [-0.1, -0.05) is 12.1 Å². The molecule has 0 bridgehead atoms. The Morgan fingerprint density at radius 2 is 2.33 bits per heavy atom. The van der Waals surface area contributed by atoms with Crippen molar-refractivity contribution in [2.24, 2.45) is 5.73 Å².